The zero-order valence-electron chi connectivity index (χ0n) is 39.0. The van der Waals surface area contributed by atoms with Crippen LogP contribution in [0.4, 0.5) is 0 Å². The molecule has 0 bridgehead atoms. The van der Waals surface area contributed by atoms with Gasteiger partial charge < -0.3 is 39.9 Å². The summed E-state index contributed by atoms with van der Waals surface area (Å²) in [7, 11) is 3.94. The average Bonchev–Trinajstić information content (AvgIpc) is 3.68. The minimum absolute atomic E-state index is 0.0681. The monoisotopic (exact) mass is 880 g/mol. The van der Waals surface area contributed by atoms with Crippen LogP contribution in [0.5, 0.6) is 0 Å². The number of nitrogens with one attached hydrogen (secondary N) is 2. The Kier molecular flexibility index (Phi) is 21.5. The first-order chi connectivity index (χ1) is 28.5. The maximum absolute atomic E-state index is 14.5. The van der Waals surface area contributed by atoms with Gasteiger partial charge in [-0.1, -0.05) is 85.2 Å². The van der Waals surface area contributed by atoms with Gasteiger partial charge in [0.15, 0.2) is 0 Å². The molecule has 0 aliphatic carbocycles. The van der Waals surface area contributed by atoms with Crippen molar-refractivity contribution in [1.29, 1.82) is 0 Å². The van der Waals surface area contributed by atoms with Crippen molar-refractivity contribution >= 4 is 45.4 Å². The Morgan fingerprint density at radius 2 is 1.52 bits per heavy atom. The molecule has 0 radical (unpaired) electrons. The first-order valence-electron chi connectivity index (χ1n) is 21.8. The number of likely N-dealkylation sites (N-methyl/N-ethyl adjacent to an activating group) is 2. The highest BCUT2D eigenvalue weighted by Gasteiger charge is 2.43. The van der Waals surface area contributed by atoms with Crippen molar-refractivity contribution in [3.63, 3.8) is 0 Å². The number of carboxylic acids is 1. The largest absolute Gasteiger partial charge is 0.480 e. The third kappa shape index (κ3) is 15.5. The van der Waals surface area contributed by atoms with Gasteiger partial charge in [-0.3, -0.25) is 28.2 Å². The number of methoxy groups -OCH3 is 2. The summed E-state index contributed by atoms with van der Waals surface area (Å²) in [5.41, 5.74) is 0.768. The number of likely N-dealkylation sites (tertiary alicyclic amines) is 1. The van der Waals surface area contributed by atoms with Gasteiger partial charge in [0, 0.05) is 53.5 Å². The summed E-state index contributed by atoms with van der Waals surface area (Å²) in [5.74, 6) is -3.98. The number of hydrogen-bond acceptors (Lipinski definition) is 9. The predicted molar refractivity (Wildman–Crippen MR) is 239 cm³/mol. The molecule has 16 heteroatoms. The van der Waals surface area contributed by atoms with Crippen molar-refractivity contribution in [1.82, 2.24) is 25.3 Å². The van der Waals surface area contributed by atoms with E-state index in [1.807, 2.05) is 47.6 Å². The maximum atomic E-state index is 14.5. The molecule has 1 heterocycles. The van der Waals surface area contributed by atoms with Crippen LogP contribution in [0.2, 0.25) is 0 Å². The van der Waals surface area contributed by atoms with E-state index in [1.165, 1.54) is 19.1 Å². The second-order valence-corrected chi connectivity index (χ2v) is 21.6. The van der Waals surface area contributed by atoms with E-state index in [0.29, 0.717) is 38.0 Å². The van der Waals surface area contributed by atoms with Gasteiger partial charge in [-0.05, 0) is 55.1 Å². The summed E-state index contributed by atoms with van der Waals surface area (Å²) in [4.78, 5) is 86.3. The van der Waals surface area contributed by atoms with Gasteiger partial charge >= 0.3 is 5.97 Å². The van der Waals surface area contributed by atoms with Gasteiger partial charge in [-0.2, -0.15) is 0 Å². The molecule has 15 nitrogen and oxygen atoms in total. The molecule has 5 amide bonds. The molecule has 1 aromatic rings. The number of hydrogen-bond donors (Lipinski definition) is 4. The van der Waals surface area contributed by atoms with E-state index in [-0.39, 0.29) is 54.7 Å². The van der Waals surface area contributed by atoms with Crippen molar-refractivity contribution in [3.8, 4) is 0 Å². The maximum Gasteiger partial charge on any atom is 0.326 e. The molecule has 61 heavy (non-hydrogen) atoms. The van der Waals surface area contributed by atoms with Crippen LogP contribution in [-0.2, 0) is 54.6 Å². The Balaban J connectivity index is 2.28. The fraction of sp³-hybridized carbons (Fsp3) is 0.733. The van der Waals surface area contributed by atoms with Crippen molar-refractivity contribution in [2.24, 2.45) is 23.7 Å². The van der Waals surface area contributed by atoms with E-state index in [1.54, 1.807) is 67.6 Å². The van der Waals surface area contributed by atoms with E-state index >= 15 is 0 Å². The number of amides is 5. The number of carbonyl (C=O) groups excluding carboxylic acids is 5. The molecule has 1 aliphatic heterocycles. The molecule has 1 fully saturated rings. The Bertz CT molecular complexity index is 1650. The fourth-order valence-corrected chi connectivity index (χ4v) is 9.42. The van der Waals surface area contributed by atoms with Gasteiger partial charge in [-0.25, -0.2) is 4.79 Å². The van der Waals surface area contributed by atoms with Gasteiger partial charge in [0.2, 0.25) is 29.5 Å². The highest BCUT2D eigenvalue weighted by molar-refractivity contribution is 8.01. The first-order valence-corrected chi connectivity index (χ1v) is 24.6. The van der Waals surface area contributed by atoms with Crippen LogP contribution in [0, 0.1) is 23.7 Å². The highest BCUT2D eigenvalue weighted by atomic mass is 32.2. The summed E-state index contributed by atoms with van der Waals surface area (Å²) < 4.78 is 24.1. The van der Waals surface area contributed by atoms with Crippen molar-refractivity contribution in [2.75, 3.05) is 53.1 Å². The van der Waals surface area contributed by atoms with Gasteiger partial charge in [0.1, 0.15) is 18.1 Å². The minimum Gasteiger partial charge on any atom is -0.480 e. The molecule has 1 aromatic carbocycles. The molecule has 1 unspecified atom stereocenters. The first kappa shape index (κ1) is 53.2. The van der Waals surface area contributed by atoms with Crippen molar-refractivity contribution in [2.45, 2.75) is 136 Å². The fourth-order valence-electron chi connectivity index (χ4n) is 8.50. The lowest BCUT2D eigenvalue weighted by Gasteiger charge is -2.41. The van der Waals surface area contributed by atoms with Crippen molar-refractivity contribution < 1.29 is 47.6 Å². The number of carboxylic acid groups (broad SMARTS) is 1. The van der Waals surface area contributed by atoms with Crippen LogP contribution >= 0.6 is 0 Å². The topological polar surface area (TPSA) is 192 Å². The predicted octanol–water partition coefficient (Wildman–Crippen LogP) is 3.40. The third-order valence-corrected chi connectivity index (χ3v) is 13.6. The summed E-state index contributed by atoms with van der Waals surface area (Å²) in [6.07, 6.45) is 4.48. The zero-order chi connectivity index (χ0) is 46.4. The van der Waals surface area contributed by atoms with Crippen LogP contribution in [0.3, 0.4) is 0 Å². The normalized spacial score (nSPS) is 18.6. The summed E-state index contributed by atoms with van der Waals surface area (Å²) in [6.45, 7) is 13.4. The smallest absolute Gasteiger partial charge is 0.326 e. The zero-order valence-corrected chi connectivity index (χ0v) is 39.9. The molecular weight excluding hydrogens is 803 g/mol. The van der Waals surface area contributed by atoms with Crippen molar-refractivity contribution in [3.05, 3.63) is 35.9 Å². The van der Waals surface area contributed by atoms with E-state index in [9.17, 15) is 38.1 Å². The van der Waals surface area contributed by atoms with Gasteiger partial charge in [0.05, 0.1) is 36.6 Å². The lowest BCUT2D eigenvalue weighted by molar-refractivity contribution is -0.149. The lowest BCUT2D eigenvalue weighted by atomic mass is 9.89. The Labute approximate surface area is 365 Å². The van der Waals surface area contributed by atoms with E-state index in [4.69, 9.17) is 9.47 Å². The molecule has 348 valence electrons. The number of aliphatic carboxylic acids is 1. The van der Waals surface area contributed by atoms with Crippen LogP contribution in [0.15, 0.2) is 30.3 Å². The molecule has 0 spiro atoms. The quantitative estimate of drug-likeness (QED) is 0.106. The molecule has 0 saturated carbocycles. The lowest BCUT2D eigenvalue weighted by Crippen LogP contribution is -2.60. The molecule has 9 atom stereocenters. The molecule has 1 aliphatic rings. The minimum atomic E-state index is -2.29. The van der Waals surface area contributed by atoms with Gasteiger partial charge in [-0.15, -0.1) is 9.93 Å². The Morgan fingerprint density at radius 1 is 0.902 bits per heavy atom. The number of carbonyl (C=O) groups is 6. The molecule has 3 N–H and O–H groups in total. The summed E-state index contributed by atoms with van der Waals surface area (Å²) in [6, 6.07) is 5.08. The second kappa shape index (κ2) is 24.7. The molecule has 2 rings (SSSR count). The molecule has 1 saturated heterocycles. The number of ether oxygens (including phenoxy) is 2. The van der Waals surface area contributed by atoms with Crippen LogP contribution in [-0.4, -0.2) is 155 Å². The Morgan fingerprint density at radius 3 is 2.03 bits per heavy atom. The standard InChI is InChI=1S/C45H77N5O10S/c1-14-30(6)40(49(9)44(55)38(28(2)3)47-43(54)39(29(4)5)48(8)36(51)23-19-25-61(12,13)58)35(59-10)27-37(52)50-24-18-22-34(50)41(60-11)31(7)42(53)46-33(45(56)57)26-32-20-16-15-17-21-32/h15-17,20-21,28-31,33-35,38-41,61H,14,18-19,22-27H2,1-13H3,(H,46,53)(H,47,54)(H,56,57)/t30-,31+,33-,34-,35+,38-,39?,40-,41+/m0/s1. The SMILES string of the molecule is CC[C@H](C)[C@@H]([C@@H](CC(=O)N1CCC[C@H]1[C@H](OC)[C@@H](C)C(=O)N[C@@H](Cc1ccccc1)C(=O)O)OC)N(C)C(=O)[C@@H](NC(=O)C(C(C)C)N(C)C(=O)CCC[SH](C)(C)=O)C(C)C. The third-order valence-electron chi connectivity index (χ3n) is 12.2. The highest BCUT2D eigenvalue weighted by Crippen LogP contribution is 2.30. The van der Waals surface area contributed by atoms with Crippen LogP contribution in [0.25, 0.3) is 0 Å². The van der Waals surface area contributed by atoms with Crippen LogP contribution in [0.1, 0.15) is 92.6 Å². The molecule has 0 aromatic heterocycles. The summed E-state index contributed by atoms with van der Waals surface area (Å²) in [5, 5.41) is 15.5. The second-order valence-electron chi connectivity index (χ2n) is 18.0. The number of thiol groups is 1. The number of benzene rings is 1. The van der Waals surface area contributed by atoms with Gasteiger partial charge in [0.25, 0.3) is 0 Å². The average molecular weight is 880 g/mol. The van der Waals surface area contributed by atoms with E-state index < -0.39 is 76.1 Å². The number of rotatable bonds is 25. The summed E-state index contributed by atoms with van der Waals surface area (Å²) >= 11 is 0. The van der Waals surface area contributed by atoms with E-state index in [2.05, 4.69) is 10.6 Å². The molecular formula is C45H77N5O10S. The number of nitrogens with zero attached hydrogens (tertiary/aromatic N) is 3. The van der Waals surface area contributed by atoms with E-state index in [0.717, 1.165) is 5.56 Å². The Hall–Kier alpha value is -3.89. The van der Waals surface area contributed by atoms with Crippen LogP contribution < -0.4 is 10.6 Å².